The molecule has 3 heterocycles. The molecule has 3 fully saturated rings. The minimum absolute atomic E-state index is 0.0533. The van der Waals surface area contributed by atoms with Crippen molar-refractivity contribution in [2.45, 2.75) is 76.0 Å². The van der Waals surface area contributed by atoms with Crippen LogP contribution in [0.2, 0.25) is 0 Å². The van der Waals surface area contributed by atoms with Crippen LogP contribution in [0.15, 0.2) is 42.5 Å². The number of rotatable bonds is 10. The molecule has 0 radical (unpaired) electrons. The molecule has 220 valence electrons. The largest absolute Gasteiger partial charge is 0.494 e. The Bertz CT molecular complexity index is 1310. The molecule has 1 spiro atoms. The number of nitrogens with one attached hydrogen (secondary N) is 2. The second kappa shape index (κ2) is 11.7. The number of ether oxygens (including phenoxy) is 1. The zero-order valence-corrected chi connectivity index (χ0v) is 25.3. The van der Waals surface area contributed by atoms with E-state index in [0.29, 0.717) is 30.8 Å². The Hall–Kier alpha value is -3.04. The highest BCUT2D eigenvalue weighted by Gasteiger charge is 2.74. The topological polar surface area (TPSA) is 108 Å². The number of aliphatic hydroxyl groups is 1. The number of hydrogen-bond donors (Lipinski definition) is 3. The molecule has 41 heavy (non-hydrogen) atoms. The van der Waals surface area contributed by atoms with Crippen molar-refractivity contribution in [2.24, 2.45) is 17.8 Å². The van der Waals surface area contributed by atoms with Crippen LogP contribution in [0.25, 0.3) is 0 Å². The Balaban J connectivity index is 1.48. The molecule has 0 aromatic heterocycles. The van der Waals surface area contributed by atoms with Crippen LogP contribution < -0.4 is 15.4 Å². The van der Waals surface area contributed by atoms with Crippen LogP contribution in [0.5, 0.6) is 5.75 Å². The van der Waals surface area contributed by atoms with Crippen LogP contribution >= 0.6 is 11.8 Å². The maximum absolute atomic E-state index is 14.4. The molecule has 9 heteroatoms. The van der Waals surface area contributed by atoms with Gasteiger partial charge in [-0.2, -0.15) is 0 Å². The molecule has 5 rings (SSSR count). The van der Waals surface area contributed by atoms with Crippen LogP contribution in [0.1, 0.15) is 51.2 Å². The van der Waals surface area contributed by atoms with Gasteiger partial charge in [0.25, 0.3) is 0 Å². The fourth-order valence-corrected chi connectivity index (χ4v) is 9.21. The number of fused-ring (bicyclic) bond motifs is 1. The molecule has 6 atom stereocenters. The highest BCUT2D eigenvalue weighted by atomic mass is 32.2. The number of nitrogens with zero attached hydrogens (tertiary/aromatic N) is 1. The molecule has 3 amide bonds. The predicted octanol–water partition coefficient (Wildman–Crippen LogP) is 4.78. The van der Waals surface area contributed by atoms with E-state index in [0.717, 1.165) is 23.3 Å². The quantitative estimate of drug-likeness (QED) is 0.374. The summed E-state index contributed by atoms with van der Waals surface area (Å²) in [6.45, 7) is 10.2. The summed E-state index contributed by atoms with van der Waals surface area (Å²) in [7, 11) is 0. The lowest BCUT2D eigenvalue weighted by molar-refractivity contribution is -0.141. The average Bonchev–Trinajstić information content (AvgIpc) is 3.58. The summed E-state index contributed by atoms with van der Waals surface area (Å²) in [5, 5.41) is 16.6. The minimum Gasteiger partial charge on any atom is -0.494 e. The Morgan fingerprint density at radius 2 is 1.85 bits per heavy atom. The van der Waals surface area contributed by atoms with Crippen LogP contribution in [-0.4, -0.2) is 63.0 Å². The van der Waals surface area contributed by atoms with E-state index >= 15 is 0 Å². The number of aryl methyl sites for hydroxylation is 2. The first-order valence-electron chi connectivity index (χ1n) is 14.6. The van der Waals surface area contributed by atoms with Gasteiger partial charge in [-0.15, -0.1) is 11.8 Å². The molecule has 2 unspecified atom stereocenters. The van der Waals surface area contributed by atoms with Gasteiger partial charge in [-0.1, -0.05) is 26.0 Å². The highest BCUT2D eigenvalue weighted by Crippen LogP contribution is 2.66. The summed E-state index contributed by atoms with van der Waals surface area (Å²) in [6, 6.07) is 11.8. The maximum atomic E-state index is 14.4. The van der Waals surface area contributed by atoms with E-state index in [4.69, 9.17) is 4.74 Å². The third-order valence-corrected chi connectivity index (χ3v) is 10.7. The molecule has 3 N–H and O–H groups in total. The normalized spacial score (nSPS) is 27.2. The van der Waals surface area contributed by atoms with Crippen molar-refractivity contribution in [3.8, 4) is 5.75 Å². The van der Waals surface area contributed by atoms with Gasteiger partial charge in [0.1, 0.15) is 11.8 Å². The monoisotopic (exact) mass is 579 g/mol. The van der Waals surface area contributed by atoms with Crippen molar-refractivity contribution in [3.05, 3.63) is 53.6 Å². The van der Waals surface area contributed by atoms with Crippen LogP contribution in [0, 0.1) is 31.6 Å². The zero-order valence-electron chi connectivity index (χ0n) is 24.5. The van der Waals surface area contributed by atoms with Crippen molar-refractivity contribution in [1.82, 2.24) is 4.90 Å². The van der Waals surface area contributed by atoms with Crippen molar-refractivity contribution in [1.29, 1.82) is 0 Å². The molecule has 0 saturated carbocycles. The van der Waals surface area contributed by atoms with E-state index in [-0.39, 0.29) is 35.5 Å². The number of benzene rings is 2. The first-order valence-corrected chi connectivity index (χ1v) is 15.5. The molecule has 3 aliphatic rings. The van der Waals surface area contributed by atoms with Gasteiger partial charge in [0.05, 0.1) is 35.8 Å². The number of amides is 3. The standard InChI is InChI=1S/C32H41N3O5S/c1-6-40-23-11-9-21(10-12-23)33-29(37)26-25-13-14-32(41-25)27(26)31(39)35(22(17-36)15-18(2)3)28(32)30(38)34-24-16-19(4)7-8-20(24)5/h7-12,16,18,22,25-28,36H,6,13-15,17H2,1-5H3,(H,33,37)(H,34,38)/t22-,25+,26-,27+,28?,32?/m1/s1. The molecule has 3 aliphatic heterocycles. The average molecular weight is 580 g/mol. The molecule has 8 nitrogen and oxygen atoms in total. The Kier molecular flexibility index (Phi) is 8.39. The Labute approximate surface area is 246 Å². The van der Waals surface area contributed by atoms with Crippen molar-refractivity contribution in [2.75, 3.05) is 23.8 Å². The Morgan fingerprint density at radius 3 is 2.51 bits per heavy atom. The summed E-state index contributed by atoms with van der Waals surface area (Å²) in [5.41, 5.74) is 3.32. The van der Waals surface area contributed by atoms with Crippen LogP contribution in [0.4, 0.5) is 11.4 Å². The van der Waals surface area contributed by atoms with Gasteiger partial charge in [0.2, 0.25) is 17.7 Å². The maximum Gasteiger partial charge on any atom is 0.248 e. The van der Waals surface area contributed by atoms with Crippen molar-refractivity contribution >= 4 is 40.9 Å². The minimum atomic E-state index is -0.783. The van der Waals surface area contributed by atoms with E-state index in [1.54, 1.807) is 28.8 Å². The van der Waals surface area contributed by atoms with E-state index in [1.165, 1.54) is 0 Å². The van der Waals surface area contributed by atoms with Crippen LogP contribution in [-0.2, 0) is 14.4 Å². The number of anilines is 2. The zero-order chi connectivity index (χ0) is 29.5. The second-order valence-corrected chi connectivity index (χ2v) is 13.6. The summed E-state index contributed by atoms with van der Waals surface area (Å²) in [4.78, 5) is 44.0. The third-order valence-electron chi connectivity index (χ3n) is 8.72. The van der Waals surface area contributed by atoms with E-state index < -0.39 is 28.7 Å². The lowest BCUT2D eigenvalue weighted by Gasteiger charge is -2.37. The van der Waals surface area contributed by atoms with Gasteiger partial charge in [0.15, 0.2) is 0 Å². The van der Waals surface area contributed by atoms with Gasteiger partial charge in [-0.25, -0.2) is 0 Å². The van der Waals surface area contributed by atoms with Gasteiger partial charge in [-0.05, 0) is 87.4 Å². The van der Waals surface area contributed by atoms with E-state index in [9.17, 15) is 19.5 Å². The Morgan fingerprint density at radius 1 is 1.12 bits per heavy atom. The lowest BCUT2D eigenvalue weighted by atomic mass is 9.70. The summed E-state index contributed by atoms with van der Waals surface area (Å²) in [5.74, 6) is -0.920. The van der Waals surface area contributed by atoms with Gasteiger partial charge in [0, 0.05) is 16.6 Å². The summed E-state index contributed by atoms with van der Waals surface area (Å²) < 4.78 is 4.79. The number of aliphatic hydroxyl groups excluding tert-OH is 1. The van der Waals surface area contributed by atoms with E-state index in [1.807, 2.05) is 65.0 Å². The number of hydrogen-bond acceptors (Lipinski definition) is 6. The molecular formula is C32H41N3O5S. The number of carbonyl (C=O) groups is 3. The fraction of sp³-hybridized carbons (Fsp3) is 0.531. The lowest BCUT2D eigenvalue weighted by Crippen LogP contribution is -2.55. The molecule has 2 aromatic carbocycles. The molecular weight excluding hydrogens is 538 g/mol. The summed E-state index contributed by atoms with van der Waals surface area (Å²) in [6.07, 6.45) is 1.99. The highest BCUT2D eigenvalue weighted by molar-refractivity contribution is 8.02. The third kappa shape index (κ3) is 5.34. The molecule has 0 aliphatic carbocycles. The van der Waals surface area contributed by atoms with Gasteiger partial charge >= 0.3 is 0 Å². The van der Waals surface area contributed by atoms with E-state index in [2.05, 4.69) is 10.6 Å². The van der Waals surface area contributed by atoms with Crippen molar-refractivity contribution < 1.29 is 24.2 Å². The predicted molar refractivity (Wildman–Crippen MR) is 162 cm³/mol. The fourth-order valence-electron chi connectivity index (χ4n) is 7.00. The first kappa shape index (κ1) is 29.5. The SMILES string of the molecule is CCOc1ccc(NC(=O)[C@@H]2[C@@H]3CCC4(S3)C(C(=O)Nc3cc(C)ccc3C)N([C@@H](CO)CC(C)C)C(=O)[C@H]24)cc1. The first-order chi connectivity index (χ1) is 19.6. The number of likely N-dealkylation sites (tertiary alicyclic amines) is 1. The van der Waals surface area contributed by atoms with Crippen LogP contribution in [0.3, 0.4) is 0 Å². The van der Waals surface area contributed by atoms with Crippen molar-refractivity contribution in [3.63, 3.8) is 0 Å². The smallest absolute Gasteiger partial charge is 0.248 e. The van der Waals surface area contributed by atoms with Gasteiger partial charge < -0.3 is 25.4 Å². The number of carbonyl (C=O) groups excluding carboxylic acids is 3. The molecule has 2 aromatic rings. The molecule has 3 saturated heterocycles. The summed E-state index contributed by atoms with van der Waals surface area (Å²) >= 11 is 1.63. The molecule has 2 bridgehead atoms. The second-order valence-electron chi connectivity index (χ2n) is 12.0. The number of thioether (sulfide) groups is 1. The van der Waals surface area contributed by atoms with Gasteiger partial charge in [-0.3, -0.25) is 14.4 Å².